The third-order valence-corrected chi connectivity index (χ3v) is 4.48. The van der Waals surface area contributed by atoms with Crippen molar-refractivity contribution in [1.29, 1.82) is 0 Å². The Balaban J connectivity index is 3.22. The van der Waals surface area contributed by atoms with Crippen molar-refractivity contribution < 1.29 is 17.9 Å². The van der Waals surface area contributed by atoms with E-state index in [4.69, 9.17) is 27.0 Å². The molecule has 0 atom stereocenters. The molecule has 0 aliphatic rings. The summed E-state index contributed by atoms with van der Waals surface area (Å²) in [5.41, 5.74) is 0. The van der Waals surface area contributed by atoms with E-state index in [1.54, 1.807) is 13.8 Å². The molecule has 1 aromatic heterocycles. The molecule has 0 saturated carbocycles. The maximum Gasteiger partial charge on any atom is 0.350 e. The zero-order chi connectivity index (χ0) is 12.5. The topological polar surface area (TPSA) is 60.4 Å². The van der Waals surface area contributed by atoms with Gasteiger partial charge >= 0.3 is 5.97 Å². The Bertz CT molecular complexity index is 504. The largest absolute Gasteiger partial charge is 0.459 e. The summed E-state index contributed by atoms with van der Waals surface area (Å²) >= 11 is 6.53. The normalized spacial score (nSPS) is 11.8. The second kappa shape index (κ2) is 4.91. The molecular weight excluding hydrogens is 295 g/mol. The van der Waals surface area contributed by atoms with E-state index in [9.17, 15) is 13.2 Å². The molecule has 0 saturated heterocycles. The van der Waals surface area contributed by atoms with Crippen molar-refractivity contribution in [1.82, 2.24) is 0 Å². The molecule has 16 heavy (non-hydrogen) atoms. The predicted molar refractivity (Wildman–Crippen MR) is 62.9 cm³/mol. The first-order chi connectivity index (χ1) is 7.23. The van der Waals surface area contributed by atoms with Crippen LogP contribution in [-0.2, 0) is 13.8 Å². The standard InChI is InChI=1S/C8H8Cl2O4S2/c1-4(2)14-8(11)6-7(16(10,12)13)5(9)3-15-6/h3-4H,1-2H3. The van der Waals surface area contributed by atoms with Crippen LogP contribution in [0, 0.1) is 0 Å². The molecule has 0 aromatic carbocycles. The fourth-order valence-corrected chi connectivity index (χ4v) is 4.13. The highest BCUT2D eigenvalue weighted by Gasteiger charge is 2.27. The van der Waals surface area contributed by atoms with Gasteiger partial charge in [-0.2, -0.15) is 0 Å². The van der Waals surface area contributed by atoms with Crippen LogP contribution in [0.3, 0.4) is 0 Å². The van der Waals surface area contributed by atoms with Crippen molar-refractivity contribution >= 4 is 48.6 Å². The summed E-state index contributed by atoms with van der Waals surface area (Å²) in [6.45, 7) is 3.31. The Hall–Kier alpha value is -0.300. The Morgan fingerprint density at radius 1 is 1.50 bits per heavy atom. The third-order valence-electron chi connectivity index (χ3n) is 1.48. The summed E-state index contributed by atoms with van der Waals surface area (Å²) in [4.78, 5) is 11.1. The van der Waals surface area contributed by atoms with Crippen molar-refractivity contribution in [2.45, 2.75) is 24.8 Å². The zero-order valence-electron chi connectivity index (χ0n) is 8.36. The van der Waals surface area contributed by atoms with Gasteiger partial charge in [-0.05, 0) is 13.8 Å². The summed E-state index contributed by atoms with van der Waals surface area (Å²) in [6, 6.07) is 0. The highest BCUT2D eigenvalue weighted by Crippen LogP contribution is 2.34. The van der Waals surface area contributed by atoms with Gasteiger partial charge in [0.2, 0.25) is 0 Å². The van der Waals surface area contributed by atoms with Crippen molar-refractivity contribution in [2.75, 3.05) is 0 Å². The lowest BCUT2D eigenvalue weighted by Crippen LogP contribution is -2.12. The molecule has 0 aliphatic heterocycles. The van der Waals surface area contributed by atoms with Gasteiger partial charge in [-0.25, -0.2) is 13.2 Å². The molecule has 0 fully saturated rings. The van der Waals surface area contributed by atoms with Gasteiger partial charge < -0.3 is 4.74 Å². The van der Waals surface area contributed by atoms with Crippen molar-refractivity contribution in [3.63, 3.8) is 0 Å². The fourth-order valence-electron chi connectivity index (χ4n) is 0.962. The van der Waals surface area contributed by atoms with Gasteiger partial charge in [0, 0.05) is 16.1 Å². The van der Waals surface area contributed by atoms with E-state index in [2.05, 4.69) is 0 Å². The number of carbonyl (C=O) groups excluding carboxylic acids is 1. The summed E-state index contributed by atoms with van der Waals surface area (Å²) in [6.07, 6.45) is -0.348. The van der Waals surface area contributed by atoms with Crippen LogP contribution < -0.4 is 0 Å². The van der Waals surface area contributed by atoms with Crippen LogP contribution in [0.1, 0.15) is 23.5 Å². The highest BCUT2D eigenvalue weighted by molar-refractivity contribution is 8.14. The summed E-state index contributed by atoms with van der Waals surface area (Å²) in [7, 11) is 1.13. The number of rotatable bonds is 3. The SMILES string of the molecule is CC(C)OC(=O)c1scc(Cl)c1S(=O)(=O)Cl. The molecule has 1 heterocycles. The number of halogens is 2. The predicted octanol–water partition coefficient (Wildman–Crippen LogP) is 2.89. The Kier molecular flexibility index (Phi) is 4.23. The monoisotopic (exact) mass is 302 g/mol. The van der Waals surface area contributed by atoms with Crippen LogP contribution in [0.25, 0.3) is 0 Å². The maximum atomic E-state index is 11.5. The van der Waals surface area contributed by atoms with Crippen molar-refractivity contribution in [3.8, 4) is 0 Å². The lowest BCUT2D eigenvalue weighted by Gasteiger charge is -2.07. The minimum absolute atomic E-state index is 0.0734. The molecule has 4 nitrogen and oxygen atoms in total. The second-order valence-electron chi connectivity index (χ2n) is 3.13. The Morgan fingerprint density at radius 3 is 2.50 bits per heavy atom. The number of hydrogen-bond acceptors (Lipinski definition) is 5. The van der Waals surface area contributed by atoms with Gasteiger partial charge in [-0.3, -0.25) is 0 Å². The highest BCUT2D eigenvalue weighted by atomic mass is 35.7. The fraction of sp³-hybridized carbons (Fsp3) is 0.375. The second-order valence-corrected chi connectivity index (χ2v) is 6.92. The van der Waals surface area contributed by atoms with Gasteiger partial charge in [0.15, 0.2) is 0 Å². The van der Waals surface area contributed by atoms with Crippen LogP contribution in [0.15, 0.2) is 10.3 Å². The van der Waals surface area contributed by atoms with Crippen LogP contribution in [-0.4, -0.2) is 20.5 Å². The smallest absolute Gasteiger partial charge is 0.350 e. The van der Waals surface area contributed by atoms with E-state index >= 15 is 0 Å². The lowest BCUT2D eigenvalue weighted by molar-refractivity contribution is 0.0379. The van der Waals surface area contributed by atoms with E-state index in [-0.39, 0.29) is 20.9 Å². The average Bonchev–Trinajstić information content (AvgIpc) is 2.44. The molecule has 1 aromatic rings. The van der Waals surface area contributed by atoms with Crippen molar-refractivity contribution in [3.05, 3.63) is 15.3 Å². The van der Waals surface area contributed by atoms with Crippen molar-refractivity contribution in [2.24, 2.45) is 0 Å². The number of carbonyl (C=O) groups is 1. The molecule has 8 heteroatoms. The van der Waals surface area contributed by atoms with Crippen LogP contribution in [0.5, 0.6) is 0 Å². The third kappa shape index (κ3) is 3.10. The summed E-state index contributed by atoms with van der Waals surface area (Å²) < 4.78 is 27.3. The molecule has 0 aliphatic carbocycles. The average molecular weight is 303 g/mol. The molecule has 0 N–H and O–H groups in total. The van der Waals surface area contributed by atoms with Gasteiger partial charge in [0.25, 0.3) is 9.05 Å². The number of thiophene rings is 1. The number of esters is 1. The summed E-state index contributed by atoms with van der Waals surface area (Å²) in [5, 5.41) is 1.25. The Labute approximate surface area is 107 Å². The van der Waals surface area contributed by atoms with Gasteiger partial charge in [0.1, 0.15) is 9.77 Å². The molecule has 0 spiro atoms. The first-order valence-electron chi connectivity index (χ1n) is 4.16. The maximum absolute atomic E-state index is 11.5. The van der Waals surface area contributed by atoms with E-state index < -0.39 is 15.0 Å². The Morgan fingerprint density at radius 2 is 2.06 bits per heavy atom. The minimum Gasteiger partial charge on any atom is -0.459 e. The van der Waals surface area contributed by atoms with Crippen LogP contribution >= 0.6 is 33.6 Å². The molecule has 1 rings (SSSR count). The number of hydrogen-bond donors (Lipinski definition) is 0. The quantitative estimate of drug-likeness (QED) is 0.636. The van der Waals surface area contributed by atoms with E-state index in [0.717, 1.165) is 11.3 Å². The summed E-state index contributed by atoms with van der Waals surface area (Å²) in [5.74, 6) is -0.744. The van der Waals surface area contributed by atoms with Gasteiger partial charge in [-0.1, -0.05) is 11.6 Å². The zero-order valence-corrected chi connectivity index (χ0v) is 11.5. The molecule has 0 radical (unpaired) electrons. The lowest BCUT2D eigenvalue weighted by atomic mass is 10.4. The van der Waals surface area contributed by atoms with Gasteiger partial charge in [0.05, 0.1) is 11.1 Å². The van der Waals surface area contributed by atoms with E-state index in [1.165, 1.54) is 5.38 Å². The minimum atomic E-state index is -4.05. The molecule has 0 bridgehead atoms. The van der Waals surface area contributed by atoms with Crippen LogP contribution in [0.4, 0.5) is 0 Å². The number of ether oxygens (including phenoxy) is 1. The molecule has 90 valence electrons. The van der Waals surface area contributed by atoms with Gasteiger partial charge in [-0.15, -0.1) is 11.3 Å². The van der Waals surface area contributed by atoms with E-state index in [1.807, 2.05) is 0 Å². The van der Waals surface area contributed by atoms with E-state index in [0.29, 0.717) is 0 Å². The van der Waals surface area contributed by atoms with Crippen LogP contribution in [0.2, 0.25) is 5.02 Å². The molecule has 0 unspecified atom stereocenters. The molecule has 0 amide bonds. The first kappa shape index (κ1) is 13.8. The molecular formula is C8H8Cl2O4S2. The first-order valence-corrected chi connectivity index (χ1v) is 7.72.